The van der Waals surface area contributed by atoms with Crippen LogP contribution in [0.25, 0.3) is 4.85 Å². The summed E-state index contributed by atoms with van der Waals surface area (Å²) in [4.78, 5) is 15.7. The van der Waals surface area contributed by atoms with Crippen molar-refractivity contribution in [2.75, 3.05) is 6.61 Å². The average molecular weight is 370 g/mol. The fraction of sp³-hybridized carbons (Fsp3) is 0.333. The minimum absolute atomic E-state index is 0.0922. The van der Waals surface area contributed by atoms with E-state index < -0.39 is 0 Å². The van der Waals surface area contributed by atoms with Gasteiger partial charge in [-0.3, -0.25) is 4.79 Å². The van der Waals surface area contributed by atoms with Crippen LogP contribution in [-0.2, 0) is 6.42 Å². The Hall–Kier alpha value is -2.35. The van der Waals surface area contributed by atoms with E-state index in [1.54, 1.807) is 18.2 Å². The van der Waals surface area contributed by atoms with E-state index in [-0.39, 0.29) is 18.5 Å². The van der Waals surface area contributed by atoms with Gasteiger partial charge in [-0.1, -0.05) is 41.9 Å². The highest BCUT2D eigenvalue weighted by Crippen LogP contribution is 2.36. The summed E-state index contributed by atoms with van der Waals surface area (Å²) in [6.45, 7) is 7.11. The maximum absolute atomic E-state index is 12.4. The molecule has 0 bridgehead atoms. The minimum atomic E-state index is 0.0922. The molecule has 0 unspecified atom stereocenters. The van der Waals surface area contributed by atoms with Crippen molar-refractivity contribution in [3.63, 3.8) is 0 Å². The predicted molar refractivity (Wildman–Crippen MR) is 101 cm³/mol. The van der Waals surface area contributed by atoms with Crippen molar-refractivity contribution in [3.8, 4) is 5.75 Å². The molecule has 1 aliphatic rings. The summed E-state index contributed by atoms with van der Waals surface area (Å²) in [5, 5.41) is 9.33. The number of benzene rings is 2. The largest absolute Gasteiger partial charge is 0.490 e. The zero-order chi connectivity index (χ0) is 18.5. The zero-order valence-electron chi connectivity index (χ0n) is 14.3. The lowest BCUT2D eigenvalue weighted by molar-refractivity contribution is 0.0557. The third-order valence-corrected chi connectivity index (χ3v) is 4.99. The van der Waals surface area contributed by atoms with Gasteiger partial charge >= 0.3 is 0 Å². The number of aliphatic hydroxyl groups is 1. The maximum Gasteiger partial charge on any atom is 0.205 e. The summed E-state index contributed by atoms with van der Waals surface area (Å²) in [5.41, 5.74) is 2.17. The summed E-state index contributed by atoms with van der Waals surface area (Å²) in [6.07, 6.45) is 2.91. The number of ether oxygens (including phenoxy) is 1. The number of carbonyl (C=O) groups excluding carboxylic acids is 1. The number of halogens is 1. The van der Waals surface area contributed by atoms with Crippen molar-refractivity contribution < 1.29 is 14.6 Å². The molecular weight excluding hydrogens is 350 g/mol. The Balaban J connectivity index is 1.47. The zero-order valence-corrected chi connectivity index (χ0v) is 15.1. The van der Waals surface area contributed by atoms with E-state index in [9.17, 15) is 4.79 Å². The molecule has 0 atom stereocenters. The summed E-state index contributed by atoms with van der Waals surface area (Å²) >= 11 is 6.02. The molecule has 4 nitrogen and oxygen atoms in total. The molecule has 2 aromatic rings. The average Bonchev–Trinajstić information content (AvgIpc) is 2.61. The lowest BCUT2D eigenvalue weighted by atomic mass is 9.78. The van der Waals surface area contributed by atoms with Gasteiger partial charge in [0.2, 0.25) is 5.69 Å². The molecule has 3 rings (SSSR count). The first-order valence-corrected chi connectivity index (χ1v) is 9.03. The highest BCUT2D eigenvalue weighted by molar-refractivity contribution is 6.33. The second-order valence-electron chi connectivity index (χ2n) is 6.60. The van der Waals surface area contributed by atoms with Crippen LogP contribution in [-0.4, -0.2) is 23.6 Å². The van der Waals surface area contributed by atoms with Crippen LogP contribution in [0.1, 0.15) is 35.2 Å². The van der Waals surface area contributed by atoms with E-state index >= 15 is 0 Å². The van der Waals surface area contributed by atoms with Crippen LogP contribution < -0.4 is 4.74 Å². The van der Waals surface area contributed by atoms with Crippen LogP contribution in [0.2, 0.25) is 5.02 Å². The summed E-state index contributed by atoms with van der Waals surface area (Å²) in [5.74, 6) is 1.15. The number of hydrogen-bond acceptors (Lipinski definition) is 3. The maximum atomic E-state index is 12.4. The van der Waals surface area contributed by atoms with Gasteiger partial charge in [-0.05, 0) is 42.9 Å². The number of carbonyl (C=O) groups is 1. The number of ketones is 1. The number of nitrogens with zero attached hydrogens (tertiary/aromatic N) is 1. The normalized spacial score (nSPS) is 18.7. The Bertz CT molecular complexity index is 820. The quantitative estimate of drug-likeness (QED) is 0.560. The first-order valence-electron chi connectivity index (χ1n) is 8.65. The monoisotopic (exact) mass is 369 g/mol. The highest BCUT2D eigenvalue weighted by atomic mass is 35.5. The number of rotatable bonds is 7. The second-order valence-corrected chi connectivity index (χ2v) is 7.01. The van der Waals surface area contributed by atoms with E-state index in [4.69, 9.17) is 28.0 Å². The fourth-order valence-electron chi connectivity index (χ4n) is 3.15. The molecule has 1 aliphatic carbocycles. The van der Waals surface area contributed by atoms with E-state index in [0.717, 1.165) is 24.0 Å². The molecule has 0 aromatic heterocycles. The molecule has 0 aliphatic heterocycles. The molecule has 0 spiro atoms. The van der Waals surface area contributed by atoms with Crippen molar-refractivity contribution in [1.29, 1.82) is 0 Å². The summed E-state index contributed by atoms with van der Waals surface area (Å²) < 4.78 is 5.87. The third-order valence-electron chi connectivity index (χ3n) is 4.69. The van der Waals surface area contributed by atoms with Gasteiger partial charge in [0.05, 0.1) is 17.7 Å². The topological polar surface area (TPSA) is 50.9 Å². The molecule has 0 heterocycles. The van der Waals surface area contributed by atoms with Gasteiger partial charge in [-0.25, -0.2) is 4.85 Å². The van der Waals surface area contributed by atoms with Gasteiger partial charge in [0.1, 0.15) is 5.75 Å². The van der Waals surface area contributed by atoms with Crippen molar-refractivity contribution in [2.45, 2.75) is 31.8 Å². The molecule has 0 saturated heterocycles. The lowest BCUT2D eigenvalue weighted by Crippen LogP contribution is -2.35. The van der Waals surface area contributed by atoms with E-state index in [2.05, 4.69) is 4.85 Å². The molecule has 1 N–H and O–H groups in total. The third kappa shape index (κ3) is 4.43. The number of aliphatic hydroxyl groups excluding tert-OH is 1. The van der Waals surface area contributed by atoms with Crippen LogP contribution in [0.15, 0.2) is 42.5 Å². The molecule has 134 valence electrons. The van der Waals surface area contributed by atoms with Gasteiger partial charge in [0.15, 0.2) is 5.78 Å². The van der Waals surface area contributed by atoms with Crippen molar-refractivity contribution in [1.82, 2.24) is 0 Å². The lowest BCUT2D eigenvalue weighted by Gasteiger charge is -2.35. The smallest absolute Gasteiger partial charge is 0.205 e. The standard InChI is InChI=1S/C21H20ClNO3/c1-23-20-7-6-17(13-19(20)22)26-18-10-15(11-18)12-21(25)16-4-2-14(3-5-16)8-9-24/h2-7,13,15,18,24H,8-12H2. The van der Waals surface area contributed by atoms with Crippen LogP contribution in [0.3, 0.4) is 0 Å². The molecular formula is C21H20ClNO3. The number of hydrogen-bond donors (Lipinski definition) is 1. The summed E-state index contributed by atoms with van der Waals surface area (Å²) in [6, 6.07) is 12.5. The van der Waals surface area contributed by atoms with Gasteiger partial charge in [-0.2, -0.15) is 0 Å². The molecule has 0 amide bonds. The van der Waals surface area contributed by atoms with Crippen LogP contribution in [0, 0.1) is 12.5 Å². The van der Waals surface area contributed by atoms with Crippen molar-refractivity contribution in [3.05, 3.63) is 70.0 Å². The van der Waals surface area contributed by atoms with Crippen molar-refractivity contribution >= 4 is 23.1 Å². The number of Topliss-reactive ketones (excluding diaryl/α,β-unsaturated/α-hetero) is 1. The van der Waals surface area contributed by atoms with Crippen LogP contribution >= 0.6 is 11.6 Å². The SMILES string of the molecule is [C-]#[N+]c1ccc(OC2CC(CC(=O)c3ccc(CCO)cc3)C2)cc1Cl. The Kier molecular flexibility index (Phi) is 5.92. The molecule has 0 radical (unpaired) electrons. The molecule has 2 aromatic carbocycles. The molecule has 1 fully saturated rings. The second kappa shape index (κ2) is 8.35. The van der Waals surface area contributed by atoms with E-state index in [1.165, 1.54) is 0 Å². The van der Waals surface area contributed by atoms with E-state index in [0.29, 0.717) is 35.2 Å². The first-order chi connectivity index (χ1) is 12.6. The first kappa shape index (κ1) is 18.4. The van der Waals surface area contributed by atoms with Crippen molar-refractivity contribution in [2.24, 2.45) is 5.92 Å². The van der Waals surface area contributed by atoms with Gasteiger partial charge in [-0.15, -0.1) is 0 Å². The Labute approximate surface area is 158 Å². The fourth-order valence-corrected chi connectivity index (χ4v) is 3.36. The minimum Gasteiger partial charge on any atom is -0.490 e. The Morgan fingerprint density at radius 2 is 1.96 bits per heavy atom. The van der Waals surface area contributed by atoms with Crippen LogP contribution in [0.5, 0.6) is 5.75 Å². The highest BCUT2D eigenvalue weighted by Gasteiger charge is 2.32. The van der Waals surface area contributed by atoms with Gasteiger partial charge < -0.3 is 9.84 Å². The molecule has 1 saturated carbocycles. The molecule has 5 heteroatoms. The van der Waals surface area contributed by atoms with E-state index in [1.807, 2.05) is 24.3 Å². The molecule has 26 heavy (non-hydrogen) atoms. The predicted octanol–water partition coefficient (Wildman–Crippen LogP) is 4.86. The summed E-state index contributed by atoms with van der Waals surface area (Å²) in [7, 11) is 0. The Morgan fingerprint density at radius 3 is 2.58 bits per heavy atom. The van der Waals surface area contributed by atoms with Crippen LogP contribution in [0.4, 0.5) is 5.69 Å². The Morgan fingerprint density at radius 1 is 1.23 bits per heavy atom. The van der Waals surface area contributed by atoms with Gasteiger partial charge in [0, 0.05) is 18.6 Å². The van der Waals surface area contributed by atoms with Gasteiger partial charge in [0.25, 0.3) is 0 Å².